The van der Waals surface area contributed by atoms with Crippen molar-refractivity contribution in [1.82, 2.24) is 4.98 Å². The maximum absolute atomic E-state index is 11.3. The summed E-state index contributed by atoms with van der Waals surface area (Å²) in [6, 6.07) is 14.6. The molecule has 5 nitrogen and oxygen atoms in total. The Bertz CT molecular complexity index is 620. The van der Waals surface area contributed by atoms with E-state index in [1.807, 2.05) is 12.1 Å². The van der Waals surface area contributed by atoms with Gasteiger partial charge < -0.3 is 10.4 Å². The Labute approximate surface area is 110 Å². The SMILES string of the molecule is N#Cc1cccc(NC(C(=O)O)c2ccccc2)n1. The molecule has 0 aliphatic heterocycles. The Balaban J connectivity index is 2.27. The number of carboxylic acids is 1. The van der Waals surface area contributed by atoms with Crippen molar-refractivity contribution in [2.75, 3.05) is 5.32 Å². The second-order valence-electron chi connectivity index (χ2n) is 3.85. The van der Waals surface area contributed by atoms with Gasteiger partial charge in [0.2, 0.25) is 0 Å². The van der Waals surface area contributed by atoms with Crippen molar-refractivity contribution in [1.29, 1.82) is 5.26 Å². The molecule has 2 N–H and O–H groups in total. The minimum absolute atomic E-state index is 0.238. The molecule has 19 heavy (non-hydrogen) atoms. The molecule has 0 saturated heterocycles. The molecule has 0 saturated carbocycles. The van der Waals surface area contributed by atoms with Crippen LogP contribution in [0.15, 0.2) is 48.5 Å². The summed E-state index contributed by atoms with van der Waals surface area (Å²) in [5.74, 6) is -0.648. The number of benzene rings is 1. The van der Waals surface area contributed by atoms with Gasteiger partial charge in [-0.25, -0.2) is 9.78 Å². The van der Waals surface area contributed by atoms with Crippen molar-refractivity contribution < 1.29 is 9.90 Å². The standard InChI is InChI=1S/C14H11N3O2/c15-9-11-7-4-8-12(16-11)17-13(14(18)19)10-5-2-1-3-6-10/h1-8,13H,(H,16,17)(H,18,19). The van der Waals surface area contributed by atoms with Crippen LogP contribution in [0.5, 0.6) is 0 Å². The van der Waals surface area contributed by atoms with Crippen molar-refractivity contribution in [2.24, 2.45) is 0 Å². The number of aromatic nitrogens is 1. The topological polar surface area (TPSA) is 86.0 Å². The second-order valence-corrected chi connectivity index (χ2v) is 3.85. The number of nitrogens with one attached hydrogen (secondary N) is 1. The van der Waals surface area contributed by atoms with Gasteiger partial charge in [0.15, 0.2) is 6.04 Å². The number of nitrogens with zero attached hydrogens (tertiary/aromatic N) is 2. The summed E-state index contributed by atoms with van der Waals surface area (Å²) in [6.07, 6.45) is 0. The highest BCUT2D eigenvalue weighted by Gasteiger charge is 2.19. The van der Waals surface area contributed by atoms with Crippen LogP contribution in [0.25, 0.3) is 0 Å². The van der Waals surface area contributed by atoms with Crippen LogP contribution in [-0.4, -0.2) is 16.1 Å². The molecular weight excluding hydrogens is 242 g/mol. The van der Waals surface area contributed by atoms with Gasteiger partial charge in [0, 0.05) is 0 Å². The molecule has 1 unspecified atom stereocenters. The van der Waals surface area contributed by atoms with E-state index in [2.05, 4.69) is 10.3 Å². The fraction of sp³-hybridized carbons (Fsp3) is 0.0714. The third-order valence-electron chi connectivity index (χ3n) is 2.54. The molecule has 0 amide bonds. The monoisotopic (exact) mass is 253 g/mol. The van der Waals surface area contributed by atoms with Gasteiger partial charge in [-0.05, 0) is 17.7 Å². The lowest BCUT2D eigenvalue weighted by molar-refractivity contribution is -0.138. The van der Waals surface area contributed by atoms with Crippen LogP contribution in [0.1, 0.15) is 17.3 Å². The lowest BCUT2D eigenvalue weighted by atomic mass is 10.1. The predicted molar refractivity (Wildman–Crippen MR) is 69.4 cm³/mol. The molecule has 0 aliphatic carbocycles. The quantitative estimate of drug-likeness (QED) is 0.872. The number of hydrogen-bond acceptors (Lipinski definition) is 4. The van der Waals surface area contributed by atoms with Crippen molar-refractivity contribution in [2.45, 2.75) is 6.04 Å². The van der Waals surface area contributed by atoms with E-state index in [1.165, 1.54) is 0 Å². The van der Waals surface area contributed by atoms with Gasteiger partial charge in [-0.15, -0.1) is 0 Å². The molecule has 1 heterocycles. The molecule has 94 valence electrons. The zero-order chi connectivity index (χ0) is 13.7. The highest BCUT2D eigenvalue weighted by Crippen LogP contribution is 2.18. The number of rotatable bonds is 4. The smallest absolute Gasteiger partial charge is 0.330 e. The van der Waals surface area contributed by atoms with Gasteiger partial charge in [0.05, 0.1) is 0 Å². The molecule has 0 radical (unpaired) electrons. The van der Waals surface area contributed by atoms with Crippen LogP contribution in [-0.2, 0) is 4.79 Å². The third-order valence-corrected chi connectivity index (χ3v) is 2.54. The molecule has 5 heteroatoms. The fourth-order valence-corrected chi connectivity index (χ4v) is 1.66. The van der Waals surface area contributed by atoms with E-state index in [1.54, 1.807) is 42.5 Å². The van der Waals surface area contributed by atoms with Crippen molar-refractivity contribution in [3.63, 3.8) is 0 Å². The first-order chi connectivity index (χ1) is 9.20. The highest BCUT2D eigenvalue weighted by molar-refractivity contribution is 5.78. The van der Waals surface area contributed by atoms with E-state index in [9.17, 15) is 9.90 Å². The third kappa shape index (κ3) is 3.07. The normalized spacial score (nSPS) is 11.3. The Kier molecular flexibility index (Phi) is 3.74. The maximum atomic E-state index is 11.3. The molecule has 2 aromatic rings. The lowest BCUT2D eigenvalue weighted by Crippen LogP contribution is -2.21. The van der Waals surface area contributed by atoms with Gasteiger partial charge in [-0.1, -0.05) is 36.4 Å². The molecule has 0 fully saturated rings. The summed E-state index contributed by atoms with van der Waals surface area (Å²) in [6.45, 7) is 0. The lowest BCUT2D eigenvalue weighted by Gasteiger charge is -2.15. The number of hydrogen-bond donors (Lipinski definition) is 2. The van der Waals surface area contributed by atoms with Gasteiger partial charge >= 0.3 is 5.97 Å². The number of aliphatic carboxylic acids is 1. The van der Waals surface area contributed by atoms with Crippen LogP contribution in [0.2, 0.25) is 0 Å². The summed E-state index contributed by atoms with van der Waals surface area (Å²) in [4.78, 5) is 15.3. The van der Waals surface area contributed by atoms with Crippen LogP contribution < -0.4 is 5.32 Å². The first-order valence-corrected chi connectivity index (χ1v) is 5.62. The number of anilines is 1. The molecule has 0 spiro atoms. The van der Waals surface area contributed by atoms with E-state index in [-0.39, 0.29) is 5.69 Å². The molecule has 1 aromatic carbocycles. The molecule has 1 aromatic heterocycles. The average Bonchev–Trinajstić information content (AvgIpc) is 2.45. The second kappa shape index (κ2) is 5.65. The van der Waals surface area contributed by atoms with Crippen molar-refractivity contribution in [3.8, 4) is 6.07 Å². The summed E-state index contributed by atoms with van der Waals surface area (Å²) >= 11 is 0. The van der Waals surface area contributed by atoms with Crippen molar-refractivity contribution in [3.05, 3.63) is 59.8 Å². The van der Waals surface area contributed by atoms with Crippen LogP contribution in [0, 0.1) is 11.3 Å². The van der Waals surface area contributed by atoms with E-state index in [0.29, 0.717) is 11.4 Å². The Hall–Kier alpha value is -2.87. The molecule has 0 bridgehead atoms. The van der Waals surface area contributed by atoms with Gasteiger partial charge in [-0.2, -0.15) is 5.26 Å². The van der Waals surface area contributed by atoms with Gasteiger partial charge in [0.1, 0.15) is 17.6 Å². The van der Waals surface area contributed by atoms with E-state index in [4.69, 9.17) is 5.26 Å². The minimum atomic E-state index is -1.00. The maximum Gasteiger partial charge on any atom is 0.330 e. The van der Waals surface area contributed by atoms with Crippen molar-refractivity contribution >= 4 is 11.8 Å². The number of nitriles is 1. The summed E-state index contributed by atoms with van der Waals surface area (Å²) in [5, 5.41) is 20.8. The van der Waals surface area contributed by atoms with Crippen LogP contribution in [0.3, 0.4) is 0 Å². The number of pyridine rings is 1. The molecule has 1 atom stereocenters. The summed E-state index contributed by atoms with van der Waals surface area (Å²) in [5.41, 5.74) is 0.862. The Morgan fingerprint density at radius 1 is 1.21 bits per heavy atom. The number of carboxylic acid groups (broad SMARTS) is 1. The summed E-state index contributed by atoms with van der Waals surface area (Å²) in [7, 11) is 0. The zero-order valence-electron chi connectivity index (χ0n) is 9.95. The summed E-state index contributed by atoms with van der Waals surface area (Å²) < 4.78 is 0. The molecular formula is C14H11N3O2. The largest absolute Gasteiger partial charge is 0.479 e. The Morgan fingerprint density at radius 2 is 1.95 bits per heavy atom. The first-order valence-electron chi connectivity index (χ1n) is 5.62. The van der Waals surface area contributed by atoms with Gasteiger partial charge in [0.25, 0.3) is 0 Å². The van der Waals surface area contributed by atoms with Crippen LogP contribution >= 0.6 is 0 Å². The highest BCUT2D eigenvalue weighted by atomic mass is 16.4. The predicted octanol–water partition coefficient (Wildman–Crippen LogP) is 2.19. The number of carbonyl (C=O) groups is 1. The van der Waals surface area contributed by atoms with Crippen LogP contribution in [0.4, 0.5) is 5.82 Å². The fourth-order valence-electron chi connectivity index (χ4n) is 1.66. The van der Waals surface area contributed by atoms with Gasteiger partial charge in [-0.3, -0.25) is 0 Å². The molecule has 2 rings (SSSR count). The van der Waals surface area contributed by atoms with E-state index in [0.717, 1.165) is 0 Å². The zero-order valence-corrected chi connectivity index (χ0v) is 9.95. The van der Waals surface area contributed by atoms with E-state index >= 15 is 0 Å². The molecule has 0 aliphatic rings. The Morgan fingerprint density at radius 3 is 2.58 bits per heavy atom. The first kappa shape index (κ1) is 12.6. The average molecular weight is 253 g/mol. The minimum Gasteiger partial charge on any atom is -0.479 e. The van der Waals surface area contributed by atoms with E-state index < -0.39 is 12.0 Å².